The van der Waals surface area contributed by atoms with E-state index in [0.717, 1.165) is 10.1 Å². The first kappa shape index (κ1) is 15.4. The van der Waals surface area contributed by atoms with Crippen LogP contribution in [0.2, 0.25) is 0 Å². The van der Waals surface area contributed by atoms with Crippen LogP contribution < -0.4 is 4.74 Å². The van der Waals surface area contributed by atoms with Crippen LogP contribution in [0.15, 0.2) is 48.5 Å². The summed E-state index contributed by atoms with van der Waals surface area (Å²) in [5, 5.41) is 0. The van der Waals surface area contributed by atoms with Gasteiger partial charge in [0.15, 0.2) is 0 Å². The summed E-state index contributed by atoms with van der Waals surface area (Å²) < 4.78 is 46.3. The minimum absolute atomic E-state index is 0.0731. The molecule has 0 atom stereocenters. The summed E-state index contributed by atoms with van der Waals surface area (Å²) in [5.41, 5.74) is 1.72. The Bertz CT molecular complexity index is 824. The van der Waals surface area contributed by atoms with Crippen LogP contribution in [0.1, 0.15) is 11.4 Å². The molecule has 0 radical (unpaired) electrons. The molecule has 1 heterocycles. The summed E-state index contributed by atoms with van der Waals surface area (Å²) in [6.07, 6.45) is -4.50. The average Bonchev–Trinajstić information content (AvgIpc) is 2.88. The maximum atomic E-state index is 13.2. The molecule has 0 saturated carbocycles. The van der Waals surface area contributed by atoms with Gasteiger partial charge in [-0.2, -0.15) is 13.2 Å². The molecule has 0 fully saturated rings. The molecule has 0 amide bonds. The van der Waals surface area contributed by atoms with Gasteiger partial charge in [0, 0.05) is 0 Å². The minimum Gasteiger partial charge on any atom is -0.491 e. The van der Waals surface area contributed by atoms with Crippen molar-refractivity contribution in [2.75, 3.05) is 6.61 Å². The summed E-state index contributed by atoms with van der Waals surface area (Å²) in [7, 11) is 0. The van der Waals surface area contributed by atoms with E-state index in [1.807, 2.05) is 25.1 Å². The maximum Gasteiger partial charge on any atom is 0.449 e. The summed E-state index contributed by atoms with van der Waals surface area (Å²) in [4.78, 5) is 3.71. The Kier molecular flexibility index (Phi) is 3.98. The Morgan fingerprint density at radius 2 is 1.74 bits per heavy atom. The molecule has 0 saturated heterocycles. The first-order chi connectivity index (χ1) is 11.0. The van der Waals surface area contributed by atoms with E-state index in [2.05, 4.69) is 4.98 Å². The molecule has 3 rings (SSSR count). The second kappa shape index (κ2) is 5.95. The molecule has 0 aliphatic rings. The largest absolute Gasteiger partial charge is 0.491 e. The van der Waals surface area contributed by atoms with Gasteiger partial charge in [-0.15, -0.1) is 0 Å². The monoisotopic (exact) mass is 320 g/mol. The zero-order valence-corrected chi connectivity index (χ0v) is 12.5. The second-order valence-electron chi connectivity index (χ2n) is 5.19. The van der Waals surface area contributed by atoms with Crippen molar-refractivity contribution in [2.45, 2.75) is 19.6 Å². The van der Waals surface area contributed by atoms with Gasteiger partial charge in [-0.05, 0) is 30.7 Å². The number of imidazole rings is 1. The van der Waals surface area contributed by atoms with Gasteiger partial charge in [-0.1, -0.05) is 30.3 Å². The number of benzene rings is 2. The van der Waals surface area contributed by atoms with E-state index >= 15 is 0 Å². The van der Waals surface area contributed by atoms with Gasteiger partial charge in [0.2, 0.25) is 5.82 Å². The van der Waals surface area contributed by atoms with E-state index < -0.39 is 12.0 Å². The van der Waals surface area contributed by atoms with Crippen molar-refractivity contribution in [1.82, 2.24) is 9.55 Å². The van der Waals surface area contributed by atoms with E-state index in [0.29, 0.717) is 16.8 Å². The number of hydrogen-bond donors (Lipinski definition) is 0. The molecule has 6 heteroatoms. The fourth-order valence-corrected chi connectivity index (χ4v) is 2.48. The predicted molar refractivity (Wildman–Crippen MR) is 81.4 cm³/mol. The van der Waals surface area contributed by atoms with E-state index in [1.165, 1.54) is 0 Å². The number of para-hydroxylation sites is 3. The lowest BCUT2D eigenvalue weighted by Gasteiger charge is -2.13. The third-order valence-corrected chi connectivity index (χ3v) is 3.57. The van der Waals surface area contributed by atoms with Gasteiger partial charge < -0.3 is 9.30 Å². The number of aromatic nitrogens is 2. The lowest BCUT2D eigenvalue weighted by molar-refractivity contribution is -0.147. The molecule has 0 aliphatic carbocycles. The van der Waals surface area contributed by atoms with E-state index in [9.17, 15) is 13.2 Å². The zero-order chi connectivity index (χ0) is 16.4. The van der Waals surface area contributed by atoms with Crippen LogP contribution in [0.5, 0.6) is 5.75 Å². The molecular weight excluding hydrogens is 305 g/mol. The molecule has 0 unspecified atom stereocenters. The fourth-order valence-electron chi connectivity index (χ4n) is 2.48. The van der Waals surface area contributed by atoms with Crippen LogP contribution in [0, 0.1) is 6.92 Å². The molecule has 120 valence electrons. The molecular formula is C17H15F3N2O. The third kappa shape index (κ3) is 3.16. The van der Waals surface area contributed by atoms with Crippen LogP contribution >= 0.6 is 0 Å². The normalized spacial score (nSPS) is 11.8. The molecule has 2 aromatic carbocycles. The Morgan fingerprint density at radius 3 is 2.48 bits per heavy atom. The van der Waals surface area contributed by atoms with Crippen molar-refractivity contribution in [3.63, 3.8) is 0 Å². The van der Waals surface area contributed by atoms with Crippen molar-refractivity contribution in [1.29, 1.82) is 0 Å². The summed E-state index contributed by atoms with van der Waals surface area (Å²) in [6.45, 7) is 2.10. The average molecular weight is 320 g/mol. The van der Waals surface area contributed by atoms with Crippen molar-refractivity contribution >= 4 is 11.0 Å². The smallest absolute Gasteiger partial charge is 0.449 e. The first-order valence-corrected chi connectivity index (χ1v) is 7.18. The number of ether oxygens (including phenoxy) is 1. The van der Waals surface area contributed by atoms with Gasteiger partial charge in [0.25, 0.3) is 0 Å². The highest BCUT2D eigenvalue weighted by atomic mass is 19.4. The highest BCUT2D eigenvalue weighted by Gasteiger charge is 2.37. The number of hydrogen-bond acceptors (Lipinski definition) is 2. The lowest BCUT2D eigenvalue weighted by Crippen LogP contribution is -2.18. The highest BCUT2D eigenvalue weighted by molar-refractivity contribution is 5.76. The van der Waals surface area contributed by atoms with Gasteiger partial charge in [0.05, 0.1) is 17.6 Å². The number of alkyl halides is 3. The van der Waals surface area contributed by atoms with Crippen molar-refractivity contribution < 1.29 is 17.9 Å². The van der Waals surface area contributed by atoms with Crippen molar-refractivity contribution in [3.8, 4) is 5.75 Å². The molecule has 23 heavy (non-hydrogen) atoms. The molecule has 0 bridgehead atoms. The number of halogens is 3. The number of fused-ring (bicyclic) bond motifs is 1. The third-order valence-electron chi connectivity index (χ3n) is 3.57. The predicted octanol–water partition coefficient (Wildman–Crippen LogP) is 4.44. The SMILES string of the molecule is Cc1ccccc1OCCn1c(C(F)(F)F)nc2ccccc21. The van der Waals surface area contributed by atoms with E-state index in [1.54, 1.807) is 30.3 Å². The zero-order valence-electron chi connectivity index (χ0n) is 12.5. The number of nitrogens with zero attached hydrogens (tertiary/aromatic N) is 2. The fraction of sp³-hybridized carbons (Fsp3) is 0.235. The molecule has 3 aromatic rings. The number of rotatable bonds is 4. The molecule has 0 aliphatic heterocycles. The van der Waals surface area contributed by atoms with Crippen molar-refractivity contribution in [3.05, 3.63) is 59.9 Å². The first-order valence-electron chi connectivity index (χ1n) is 7.18. The van der Waals surface area contributed by atoms with Gasteiger partial charge in [0.1, 0.15) is 12.4 Å². The van der Waals surface area contributed by atoms with Gasteiger partial charge >= 0.3 is 6.18 Å². The van der Waals surface area contributed by atoms with Gasteiger partial charge in [-0.3, -0.25) is 0 Å². The van der Waals surface area contributed by atoms with Crippen molar-refractivity contribution in [2.24, 2.45) is 0 Å². The summed E-state index contributed by atoms with van der Waals surface area (Å²) in [5.74, 6) is -0.224. The van der Waals surface area contributed by atoms with Crippen LogP contribution in [0.25, 0.3) is 11.0 Å². The lowest BCUT2D eigenvalue weighted by atomic mass is 10.2. The topological polar surface area (TPSA) is 27.1 Å². The van der Waals surface area contributed by atoms with Crippen LogP contribution in [0.3, 0.4) is 0 Å². The summed E-state index contributed by atoms with van der Waals surface area (Å²) in [6, 6.07) is 14.0. The second-order valence-corrected chi connectivity index (χ2v) is 5.19. The van der Waals surface area contributed by atoms with Crippen LogP contribution in [-0.2, 0) is 12.7 Å². The Morgan fingerprint density at radius 1 is 1.04 bits per heavy atom. The Labute approximate surface area is 131 Å². The quantitative estimate of drug-likeness (QED) is 0.710. The van der Waals surface area contributed by atoms with Crippen LogP contribution in [-0.4, -0.2) is 16.2 Å². The van der Waals surface area contributed by atoms with E-state index in [-0.39, 0.29) is 13.2 Å². The van der Waals surface area contributed by atoms with Crippen LogP contribution in [0.4, 0.5) is 13.2 Å². The summed E-state index contributed by atoms with van der Waals surface area (Å²) >= 11 is 0. The van der Waals surface area contributed by atoms with Gasteiger partial charge in [-0.25, -0.2) is 4.98 Å². The maximum absolute atomic E-state index is 13.2. The molecule has 3 nitrogen and oxygen atoms in total. The molecule has 0 spiro atoms. The standard InChI is InChI=1S/C17H15F3N2O/c1-12-6-2-5-9-15(12)23-11-10-22-14-8-4-3-7-13(14)21-16(22)17(18,19)20/h2-9H,10-11H2,1H3. The Hall–Kier alpha value is -2.50. The minimum atomic E-state index is -4.50. The Balaban J connectivity index is 1.86. The molecule has 1 aromatic heterocycles. The molecule has 0 N–H and O–H groups in total. The van der Waals surface area contributed by atoms with E-state index in [4.69, 9.17) is 4.74 Å². The highest BCUT2D eigenvalue weighted by Crippen LogP contribution is 2.31. The number of aryl methyl sites for hydroxylation is 1.